The van der Waals surface area contributed by atoms with Crippen LogP contribution in [0.2, 0.25) is 0 Å². The Balaban J connectivity index is 1.63. The monoisotopic (exact) mass is 308 g/mol. The third-order valence-electron chi connectivity index (χ3n) is 4.02. The minimum absolute atomic E-state index is 0.0163. The van der Waals surface area contributed by atoms with Crippen molar-refractivity contribution in [1.82, 2.24) is 4.98 Å². The predicted molar refractivity (Wildman–Crippen MR) is 92.4 cm³/mol. The molecule has 118 valence electrons. The largest absolute Gasteiger partial charge is 0.392 e. The van der Waals surface area contributed by atoms with Gasteiger partial charge in [0.25, 0.3) is 0 Å². The lowest BCUT2D eigenvalue weighted by Gasteiger charge is -2.10. The van der Waals surface area contributed by atoms with Crippen LogP contribution in [0.1, 0.15) is 23.1 Å². The highest BCUT2D eigenvalue weighted by Crippen LogP contribution is 2.18. The molecule has 0 radical (unpaired) electrons. The van der Waals surface area contributed by atoms with Gasteiger partial charge in [0.05, 0.1) is 6.61 Å². The van der Waals surface area contributed by atoms with Gasteiger partial charge in [-0.2, -0.15) is 0 Å². The number of aromatic nitrogens is 1. The number of rotatable bonds is 5. The second-order valence-corrected chi connectivity index (χ2v) is 5.75. The number of anilines is 1. The summed E-state index contributed by atoms with van der Waals surface area (Å²) < 4.78 is 0. The lowest BCUT2D eigenvalue weighted by molar-refractivity contribution is -0.116. The topological polar surface area (TPSA) is 65.1 Å². The molecule has 4 heteroatoms. The van der Waals surface area contributed by atoms with E-state index in [0.29, 0.717) is 12.8 Å². The van der Waals surface area contributed by atoms with Crippen LogP contribution in [-0.4, -0.2) is 16.0 Å². The minimum Gasteiger partial charge on any atom is -0.392 e. The van der Waals surface area contributed by atoms with Crippen molar-refractivity contribution in [2.75, 3.05) is 5.32 Å². The zero-order valence-electron chi connectivity index (χ0n) is 13.1. The normalized spacial score (nSPS) is 10.9. The van der Waals surface area contributed by atoms with Crippen molar-refractivity contribution in [3.63, 3.8) is 0 Å². The van der Waals surface area contributed by atoms with Gasteiger partial charge in [-0.3, -0.25) is 4.79 Å². The van der Waals surface area contributed by atoms with E-state index in [0.717, 1.165) is 33.3 Å². The number of aryl methyl sites for hydroxylation is 2. The molecule has 0 atom stereocenters. The third-order valence-corrected chi connectivity index (χ3v) is 4.02. The summed E-state index contributed by atoms with van der Waals surface area (Å²) in [4.78, 5) is 15.3. The SMILES string of the molecule is Cc1ccc(CO)cc1NC(=O)CCc1ccc2[nH]ccc2c1. The molecule has 2 aromatic carbocycles. The molecule has 23 heavy (non-hydrogen) atoms. The molecule has 3 rings (SSSR count). The molecule has 0 aliphatic carbocycles. The molecule has 0 saturated heterocycles. The Morgan fingerprint density at radius 2 is 1.96 bits per heavy atom. The summed E-state index contributed by atoms with van der Waals surface area (Å²) in [6.07, 6.45) is 3.04. The van der Waals surface area contributed by atoms with Crippen LogP contribution >= 0.6 is 0 Å². The van der Waals surface area contributed by atoms with Crippen molar-refractivity contribution in [2.45, 2.75) is 26.4 Å². The van der Waals surface area contributed by atoms with E-state index in [1.807, 2.05) is 49.5 Å². The van der Waals surface area contributed by atoms with Crippen LogP contribution in [0.4, 0.5) is 5.69 Å². The second-order valence-electron chi connectivity index (χ2n) is 5.75. The van der Waals surface area contributed by atoms with Crippen LogP contribution in [0.25, 0.3) is 10.9 Å². The first kappa shape index (κ1) is 15.3. The first-order chi connectivity index (χ1) is 11.2. The van der Waals surface area contributed by atoms with Gasteiger partial charge in [0.2, 0.25) is 5.91 Å². The lowest BCUT2D eigenvalue weighted by Crippen LogP contribution is -2.13. The smallest absolute Gasteiger partial charge is 0.224 e. The molecule has 0 bridgehead atoms. The average Bonchev–Trinajstić information content (AvgIpc) is 3.02. The molecular formula is C19H20N2O2. The molecule has 0 saturated carbocycles. The number of aromatic amines is 1. The van der Waals surface area contributed by atoms with Crippen LogP contribution in [0.15, 0.2) is 48.7 Å². The zero-order chi connectivity index (χ0) is 16.2. The van der Waals surface area contributed by atoms with Gasteiger partial charge in [-0.15, -0.1) is 0 Å². The third kappa shape index (κ3) is 3.60. The Morgan fingerprint density at radius 3 is 2.78 bits per heavy atom. The summed E-state index contributed by atoms with van der Waals surface area (Å²) in [7, 11) is 0. The number of benzene rings is 2. The van der Waals surface area contributed by atoms with Gasteiger partial charge in [-0.25, -0.2) is 0 Å². The van der Waals surface area contributed by atoms with E-state index in [1.54, 1.807) is 0 Å². The Labute approximate surface area is 135 Å². The summed E-state index contributed by atoms with van der Waals surface area (Å²) in [5.41, 5.74) is 4.80. The first-order valence-corrected chi connectivity index (χ1v) is 7.72. The van der Waals surface area contributed by atoms with Gasteiger partial charge in [0.15, 0.2) is 0 Å². The number of hydrogen-bond donors (Lipinski definition) is 3. The molecule has 1 amide bonds. The molecule has 0 aliphatic rings. The number of aliphatic hydroxyl groups is 1. The Kier molecular flexibility index (Phi) is 4.44. The Morgan fingerprint density at radius 1 is 1.13 bits per heavy atom. The van der Waals surface area contributed by atoms with Crippen LogP contribution < -0.4 is 5.32 Å². The van der Waals surface area contributed by atoms with Gasteiger partial charge in [0.1, 0.15) is 0 Å². The van der Waals surface area contributed by atoms with Crippen molar-refractivity contribution in [2.24, 2.45) is 0 Å². The Bertz CT molecular complexity index is 836. The van der Waals surface area contributed by atoms with E-state index < -0.39 is 0 Å². The molecular weight excluding hydrogens is 288 g/mol. The van der Waals surface area contributed by atoms with Gasteiger partial charge >= 0.3 is 0 Å². The number of nitrogens with one attached hydrogen (secondary N) is 2. The average molecular weight is 308 g/mol. The maximum absolute atomic E-state index is 12.2. The van der Waals surface area contributed by atoms with E-state index in [2.05, 4.69) is 16.4 Å². The second kappa shape index (κ2) is 6.67. The maximum atomic E-state index is 12.2. The number of carbonyl (C=O) groups excluding carboxylic acids is 1. The standard InChI is InChI=1S/C19H20N2O2/c1-13-2-3-15(12-22)11-18(13)21-19(23)7-5-14-4-6-17-16(10-14)8-9-20-17/h2-4,6,8-11,20,22H,5,7,12H2,1H3,(H,21,23). The quantitative estimate of drug-likeness (QED) is 0.675. The summed E-state index contributed by atoms with van der Waals surface area (Å²) in [6.45, 7) is 1.91. The van der Waals surface area contributed by atoms with Crippen LogP contribution in [0.5, 0.6) is 0 Å². The number of carbonyl (C=O) groups is 1. The number of amides is 1. The fraction of sp³-hybridized carbons (Fsp3) is 0.211. The number of H-pyrrole nitrogens is 1. The maximum Gasteiger partial charge on any atom is 0.224 e. The zero-order valence-corrected chi connectivity index (χ0v) is 13.1. The van der Waals surface area contributed by atoms with Crippen molar-refractivity contribution in [3.8, 4) is 0 Å². The highest BCUT2D eigenvalue weighted by Gasteiger charge is 2.07. The van der Waals surface area contributed by atoms with E-state index in [1.165, 1.54) is 0 Å². The summed E-state index contributed by atoms with van der Waals surface area (Å²) in [5, 5.41) is 13.3. The van der Waals surface area contributed by atoms with Crippen LogP contribution in [0.3, 0.4) is 0 Å². The number of aliphatic hydroxyl groups excluding tert-OH is 1. The van der Waals surface area contributed by atoms with Crippen molar-refractivity contribution in [1.29, 1.82) is 0 Å². The fourth-order valence-electron chi connectivity index (χ4n) is 2.63. The van der Waals surface area contributed by atoms with Gasteiger partial charge in [-0.1, -0.05) is 18.2 Å². The van der Waals surface area contributed by atoms with Crippen molar-refractivity contribution < 1.29 is 9.90 Å². The summed E-state index contributed by atoms with van der Waals surface area (Å²) in [5.74, 6) is -0.0163. The summed E-state index contributed by atoms with van der Waals surface area (Å²) >= 11 is 0. The van der Waals surface area contributed by atoms with E-state index in [-0.39, 0.29) is 12.5 Å². The highest BCUT2D eigenvalue weighted by molar-refractivity contribution is 5.91. The van der Waals surface area contributed by atoms with Gasteiger partial charge in [0, 0.05) is 23.8 Å². The summed E-state index contributed by atoms with van der Waals surface area (Å²) in [6, 6.07) is 13.8. The molecule has 4 nitrogen and oxygen atoms in total. The number of fused-ring (bicyclic) bond motifs is 1. The number of hydrogen-bond acceptors (Lipinski definition) is 2. The molecule has 0 spiro atoms. The molecule has 0 fully saturated rings. The van der Waals surface area contributed by atoms with Crippen LogP contribution in [-0.2, 0) is 17.8 Å². The molecule has 3 N–H and O–H groups in total. The van der Waals surface area contributed by atoms with Crippen molar-refractivity contribution in [3.05, 3.63) is 65.4 Å². The molecule has 0 unspecified atom stereocenters. The van der Waals surface area contributed by atoms with Crippen molar-refractivity contribution >= 4 is 22.5 Å². The predicted octanol–water partition coefficient (Wildman–Crippen LogP) is 3.54. The highest BCUT2D eigenvalue weighted by atomic mass is 16.3. The van der Waals surface area contributed by atoms with Gasteiger partial charge < -0.3 is 15.4 Å². The lowest BCUT2D eigenvalue weighted by atomic mass is 10.1. The van der Waals surface area contributed by atoms with E-state index in [9.17, 15) is 9.90 Å². The van der Waals surface area contributed by atoms with E-state index >= 15 is 0 Å². The molecule has 3 aromatic rings. The van der Waals surface area contributed by atoms with Crippen LogP contribution in [0, 0.1) is 6.92 Å². The molecule has 1 heterocycles. The van der Waals surface area contributed by atoms with Gasteiger partial charge in [-0.05, 0) is 59.7 Å². The Hall–Kier alpha value is -2.59. The molecule has 1 aromatic heterocycles. The first-order valence-electron chi connectivity index (χ1n) is 7.72. The minimum atomic E-state index is -0.0279. The fourth-order valence-corrected chi connectivity index (χ4v) is 2.63. The van der Waals surface area contributed by atoms with E-state index in [4.69, 9.17) is 0 Å². The molecule has 0 aliphatic heterocycles.